The van der Waals surface area contributed by atoms with Crippen molar-refractivity contribution in [2.45, 2.75) is 11.5 Å². The molecule has 1 fully saturated rings. The van der Waals surface area contributed by atoms with Crippen LogP contribution < -0.4 is 5.73 Å². The van der Waals surface area contributed by atoms with Crippen molar-refractivity contribution in [3.8, 4) is 0 Å². The molecule has 1 aromatic carbocycles. The van der Waals surface area contributed by atoms with Gasteiger partial charge in [0, 0.05) is 39.1 Å². The molecule has 32 heavy (non-hydrogen) atoms. The quantitative estimate of drug-likeness (QED) is 0.591. The van der Waals surface area contributed by atoms with Gasteiger partial charge < -0.3 is 15.1 Å². The number of hydrogen-bond donors (Lipinski definition) is 1. The number of nitrogens with two attached hydrogens (primary N) is 1. The molecule has 1 saturated heterocycles. The molecule has 12 heteroatoms. The molecule has 168 valence electrons. The summed E-state index contributed by atoms with van der Waals surface area (Å²) in [5.41, 5.74) is 5.73. The standard InChI is InChI=1S/C20H20N4O7S/c21-18(26)15-5-6-17(31-15)32(29,30)23-11-9-22(10-12-23)16(25)7-8-24-19(27)13-3-1-2-4-14(13)20(24)28/h1-6H,7-12H2,(H2,21,26). The van der Waals surface area contributed by atoms with Crippen LogP contribution in [0.2, 0.25) is 0 Å². The van der Waals surface area contributed by atoms with Crippen LogP contribution in [0.5, 0.6) is 0 Å². The molecule has 0 radical (unpaired) electrons. The Morgan fingerprint density at radius 3 is 2.06 bits per heavy atom. The number of furan rings is 1. The van der Waals surface area contributed by atoms with Gasteiger partial charge >= 0.3 is 0 Å². The van der Waals surface area contributed by atoms with Crippen LogP contribution in [0, 0.1) is 0 Å². The van der Waals surface area contributed by atoms with E-state index in [1.165, 1.54) is 11.0 Å². The number of piperazine rings is 1. The van der Waals surface area contributed by atoms with Crippen LogP contribution in [0.3, 0.4) is 0 Å². The largest absolute Gasteiger partial charge is 0.438 e. The molecule has 3 heterocycles. The first-order valence-electron chi connectivity index (χ1n) is 9.83. The highest BCUT2D eigenvalue weighted by atomic mass is 32.2. The van der Waals surface area contributed by atoms with Crippen LogP contribution in [-0.4, -0.2) is 78.9 Å². The van der Waals surface area contributed by atoms with Gasteiger partial charge in [-0.25, -0.2) is 8.42 Å². The van der Waals surface area contributed by atoms with Gasteiger partial charge in [0.1, 0.15) is 0 Å². The molecule has 11 nitrogen and oxygen atoms in total. The van der Waals surface area contributed by atoms with Gasteiger partial charge in [0.05, 0.1) is 11.1 Å². The summed E-state index contributed by atoms with van der Waals surface area (Å²) >= 11 is 0. The lowest BCUT2D eigenvalue weighted by atomic mass is 10.1. The summed E-state index contributed by atoms with van der Waals surface area (Å²) in [5, 5.41) is -0.392. The molecule has 0 saturated carbocycles. The maximum Gasteiger partial charge on any atom is 0.284 e. The molecular formula is C20H20N4O7S. The highest BCUT2D eigenvalue weighted by Gasteiger charge is 2.36. The van der Waals surface area contributed by atoms with E-state index in [1.54, 1.807) is 24.3 Å². The Balaban J connectivity index is 1.32. The average molecular weight is 460 g/mol. The predicted molar refractivity (Wildman–Crippen MR) is 109 cm³/mol. The van der Waals surface area contributed by atoms with Crippen molar-refractivity contribution in [1.82, 2.24) is 14.1 Å². The molecule has 0 spiro atoms. The Kier molecular flexibility index (Phi) is 5.57. The second-order valence-electron chi connectivity index (χ2n) is 7.33. The SMILES string of the molecule is NC(=O)c1ccc(S(=O)(=O)N2CCN(C(=O)CCN3C(=O)c4ccccc4C3=O)CC2)o1. The number of sulfonamides is 1. The van der Waals surface area contributed by atoms with E-state index in [9.17, 15) is 27.6 Å². The summed E-state index contributed by atoms with van der Waals surface area (Å²) in [6.07, 6.45) is -0.0572. The molecule has 0 atom stereocenters. The highest BCUT2D eigenvalue weighted by Crippen LogP contribution is 2.23. The smallest absolute Gasteiger partial charge is 0.284 e. The van der Waals surface area contributed by atoms with Crippen LogP contribution in [0.1, 0.15) is 37.7 Å². The number of carbonyl (C=O) groups excluding carboxylic acids is 4. The predicted octanol–water partition coefficient (Wildman–Crippen LogP) is -0.102. The maximum absolute atomic E-state index is 12.7. The first-order chi connectivity index (χ1) is 15.2. The zero-order valence-corrected chi connectivity index (χ0v) is 17.7. The molecule has 2 aliphatic rings. The number of imide groups is 1. The minimum atomic E-state index is -3.97. The Hall–Kier alpha value is -3.51. The van der Waals surface area contributed by atoms with Crippen LogP contribution in [0.15, 0.2) is 45.9 Å². The van der Waals surface area contributed by atoms with Crippen molar-refractivity contribution in [1.29, 1.82) is 0 Å². The number of fused-ring (bicyclic) bond motifs is 1. The topological polar surface area (TPSA) is 151 Å². The minimum Gasteiger partial charge on any atom is -0.438 e. The summed E-state index contributed by atoms with van der Waals surface area (Å²) in [4.78, 5) is 51.0. The van der Waals surface area contributed by atoms with Gasteiger partial charge in [0.15, 0.2) is 5.76 Å². The fraction of sp³-hybridized carbons (Fsp3) is 0.300. The Morgan fingerprint density at radius 2 is 1.53 bits per heavy atom. The number of hydrogen-bond acceptors (Lipinski definition) is 7. The van der Waals surface area contributed by atoms with Crippen molar-refractivity contribution in [3.63, 3.8) is 0 Å². The number of rotatable bonds is 6. The van der Waals surface area contributed by atoms with E-state index in [0.29, 0.717) is 11.1 Å². The Bertz CT molecular complexity index is 1180. The fourth-order valence-electron chi connectivity index (χ4n) is 3.70. The van der Waals surface area contributed by atoms with E-state index < -0.39 is 32.8 Å². The molecule has 0 bridgehead atoms. The van der Waals surface area contributed by atoms with E-state index in [1.807, 2.05) is 0 Å². The first-order valence-corrected chi connectivity index (χ1v) is 11.3. The number of benzene rings is 1. The zero-order valence-electron chi connectivity index (χ0n) is 16.9. The molecule has 2 aromatic rings. The molecule has 0 aliphatic carbocycles. The van der Waals surface area contributed by atoms with Gasteiger partial charge in [-0.1, -0.05) is 12.1 Å². The monoisotopic (exact) mass is 460 g/mol. The second-order valence-corrected chi connectivity index (χ2v) is 9.19. The maximum atomic E-state index is 12.7. The van der Waals surface area contributed by atoms with Gasteiger partial charge in [0.2, 0.25) is 11.0 Å². The highest BCUT2D eigenvalue weighted by molar-refractivity contribution is 7.89. The summed E-state index contributed by atoms with van der Waals surface area (Å²) in [5.74, 6) is -2.27. The number of carbonyl (C=O) groups is 4. The van der Waals surface area contributed by atoms with Crippen LogP contribution in [0.4, 0.5) is 0 Å². The second kappa shape index (κ2) is 8.20. The lowest BCUT2D eigenvalue weighted by molar-refractivity contribution is -0.132. The minimum absolute atomic E-state index is 0.0354. The zero-order chi connectivity index (χ0) is 23.0. The van der Waals surface area contributed by atoms with E-state index in [0.717, 1.165) is 15.3 Å². The van der Waals surface area contributed by atoms with E-state index >= 15 is 0 Å². The number of primary amides is 1. The molecule has 1 aromatic heterocycles. The molecule has 4 rings (SSSR count). The van der Waals surface area contributed by atoms with Gasteiger partial charge in [-0.3, -0.25) is 24.1 Å². The molecule has 2 N–H and O–H groups in total. The van der Waals surface area contributed by atoms with Crippen LogP contribution in [0.25, 0.3) is 0 Å². The molecule has 2 aliphatic heterocycles. The fourth-order valence-corrected chi connectivity index (χ4v) is 5.04. The summed E-state index contributed by atoms with van der Waals surface area (Å²) in [7, 11) is -3.97. The first kappa shape index (κ1) is 21.7. The van der Waals surface area contributed by atoms with Gasteiger partial charge in [-0.15, -0.1) is 0 Å². The van der Waals surface area contributed by atoms with Crippen molar-refractivity contribution in [3.05, 3.63) is 53.3 Å². The number of nitrogens with zero attached hydrogens (tertiary/aromatic N) is 3. The van der Waals surface area contributed by atoms with Gasteiger partial charge in [-0.05, 0) is 24.3 Å². The van der Waals surface area contributed by atoms with Gasteiger partial charge in [0.25, 0.3) is 27.7 Å². The molecule has 0 unspecified atom stereocenters. The number of amides is 4. The van der Waals surface area contributed by atoms with Crippen molar-refractivity contribution < 1.29 is 32.0 Å². The van der Waals surface area contributed by atoms with Crippen molar-refractivity contribution >= 4 is 33.7 Å². The van der Waals surface area contributed by atoms with Crippen LogP contribution in [-0.2, 0) is 14.8 Å². The van der Waals surface area contributed by atoms with E-state index in [2.05, 4.69) is 0 Å². The summed E-state index contributed by atoms with van der Waals surface area (Å²) in [6, 6.07) is 8.83. The third-order valence-electron chi connectivity index (χ3n) is 5.44. The molecule has 4 amide bonds. The lowest BCUT2D eigenvalue weighted by Gasteiger charge is -2.33. The van der Waals surface area contributed by atoms with Crippen LogP contribution >= 0.6 is 0 Å². The summed E-state index contributed by atoms with van der Waals surface area (Å²) in [6.45, 7) is 0.306. The third kappa shape index (κ3) is 3.78. The lowest BCUT2D eigenvalue weighted by Crippen LogP contribution is -2.51. The van der Waals surface area contributed by atoms with E-state index in [-0.39, 0.29) is 50.8 Å². The third-order valence-corrected chi connectivity index (χ3v) is 7.21. The van der Waals surface area contributed by atoms with Gasteiger partial charge in [-0.2, -0.15) is 4.31 Å². The Labute approximate surface area is 183 Å². The average Bonchev–Trinajstić information content (AvgIpc) is 3.38. The summed E-state index contributed by atoms with van der Waals surface area (Å²) < 4.78 is 31.5. The van der Waals surface area contributed by atoms with Crippen molar-refractivity contribution in [2.75, 3.05) is 32.7 Å². The normalized spacial score (nSPS) is 17.0. The molecular weight excluding hydrogens is 440 g/mol. The van der Waals surface area contributed by atoms with E-state index in [4.69, 9.17) is 10.2 Å². The van der Waals surface area contributed by atoms with Crippen molar-refractivity contribution in [2.24, 2.45) is 5.73 Å². The Morgan fingerprint density at radius 1 is 0.938 bits per heavy atom.